The smallest absolute Gasteiger partial charge is 0.408 e. The molecule has 1 amide bonds. The lowest BCUT2D eigenvalue weighted by atomic mass is 9.99. The number of fused-ring (bicyclic) bond motifs is 1. The average Bonchev–Trinajstić information content (AvgIpc) is 2.56. The number of benzene rings is 1. The molecule has 1 aromatic heterocycles. The maximum absolute atomic E-state index is 13.0. The zero-order chi connectivity index (χ0) is 21.9. The summed E-state index contributed by atoms with van der Waals surface area (Å²) in [6.07, 6.45) is -0.0334. The van der Waals surface area contributed by atoms with Crippen molar-refractivity contribution in [1.29, 1.82) is 0 Å². The van der Waals surface area contributed by atoms with Crippen LogP contribution in [0.3, 0.4) is 0 Å². The van der Waals surface area contributed by atoms with Gasteiger partial charge < -0.3 is 19.2 Å². The summed E-state index contributed by atoms with van der Waals surface area (Å²) < 4.78 is 16.2. The van der Waals surface area contributed by atoms with Crippen LogP contribution in [-0.2, 0) is 9.53 Å². The normalized spacial score (nSPS) is 13.6. The molecule has 7 heteroatoms. The fourth-order valence-corrected chi connectivity index (χ4v) is 2.93. The Balaban J connectivity index is 2.36. The molecule has 2 rings (SSSR count). The van der Waals surface area contributed by atoms with Gasteiger partial charge in [-0.25, -0.2) is 14.4 Å². The zero-order valence-electron chi connectivity index (χ0n) is 18.0. The second-order valence-corrected chi connectivity index (χ2v) is 8.32. The van der Waals surface area contributed by atoms with Crippen molar-refractivity contribution in [3.05, 3.63) is 39.7 Å². The summed E-state index contributed by atoms with van der Waals surface area (Å²) in [5.41, 5.74) is 0.600. The lowest BCUT2D eigenvalue weighted by Crippen LogP contribution is -2.48. The highest BCUT2D eigenvalue weighted by molar-refractivity contribution is 5.91. The van der Waals surface area contributed by atoms with Gasteiger partial charge in [0.1, 0.15) is 23.0 Å². The molecule has 29 heavy (non-hydrogen) atoms. The van der Waals surface area contributed by atoms with Crippen LogP contribution in [0.25, 0.3) is 11.0 Å². The van der Waals surface area contributed by atoms with Crippen molar-refractivity contribution >= 4 is 23.0 Å². The van der Waals surface area contributed by atoms with Crippen molar-refractivity contribution in [3.63, 3.8) is 0 Å². The van der Waals surface area contributed by atoms with Gasteiger partial charge in [0.15, 0.2) is 0 Å². The van der Waals surface area contributed by atoms with E-state index in [1.54, 1.807) is 39.8 Å². The first-order valence-electron chi connectivity index (χ1n) is 9.67. The van der Waals surface area contributed by atoms with Crippen LogP contribution in [0.2, 0.25) is 0 Å². The quantitative estimate of drug-likeness (QED) is 0.455. The zero-order valence-corrected chi connectivity index (χ0v) is 18.0. The molecule has 2 atom stereocenters. The maximum Gasteiger partial charge on any atom is 0.408 e. The Kier molecular flexibility index (Phi) is 6.72. The Morgan fingerprint density at radius 1 is 1.17 bits per heavy atom. The van der Waals surface area contributed by atoms with Crippen molar-refractivity contribution in [2.24, 2.45) is 5.92 Å². The Hall–Kier alpha value is -2.83. The van der Waals surface area contributed by atoms with Crippen LogP contribution < -0.4 is 15.7 Å². The van der Waals surface area contributed by atoms with Gasteiger partial charge in [-0.1, -0.05) is 20.3 Å². The lowest BCUT2D eigenvalue weighted by molar-refractivity contribution is -0.138. The summed E-state index contributed by atoms with van der Waals surface area (Å²) in [6.45, 7) is 12.6. The molecule has 0 fully saturated rings. The number of carbonyl (C=O) groups is 2. The fourth-order valence-electron chi connectivity index (χ4n) is 2.93. The number of rotatable bonds is 5. The van der Waals surface area contributed by atoms with E-state index in [-0.39, 0.29) is 11.7 Å². The van der Waals surface area contributed by atoms with Crippen LogP contribution in [-0.4, -0.2) is 23.7 Å². The SMILES string of the molecule is CC[C@H](C)[C@@H](NC(=O)OC(C)(C)C)C(=O)Oc1cc(C)cc2oc(=O)cc(C)c12. The van der Waals surface area contributed by atoms with Crippen LogP contribution in [0.15, 0.2) is 27.4 Å². The van der Waals surface area contributed by atoms with Crippen LogP contribution >= 0.6 is 0 Å². The number of ether oxygens (including phenoxy) is 2. The van der Waals surface area contributed by atoms with Crippen LogP contribution in [0.1, 0.15) is 52.2 Å². The minimum absolute atomic E-state index is 0.176. The molecule has 1 aromatic carbocycles. The predicted octanol–water partition coefficient (Wildman–Crippen LogP) is 4.25. The van der Waals surface area contributed by atoms with Crippen molar-refractivity contribution < 1.29 is 23.5 Å². The number of nitrogens with one attached hydrogen (secondary N) is 1. The predicted molar refractivity (Wildman–Crippen MR) is 110 cm³/mol. The van der Waals surface area contributed by atoms with Crippen molar-refractivity contribution in [3.8, 4) is 5.75 Å². The van der Waals surface area contributed by atoms with E-state index in [4.69, 9.17) is 13.9 Å². The van der Waals surface area contributed by atoms with E-state index >= 15 is 0 Å². The molecule has 1 N–H and O–H groups in total. The van der Waals surface area contributed by atoms with Gasteiger partial charge in [-0.05, 0) is 63.8 Å². The van der Waals surface area contributed by atoms with Gasteiger partial charge in [0, 0.05) is 6.07 Å². The lowest BCUT2D eigenvalue weighted by Gasteiger charge is -2.25. The Bertz CT molecular complexity index is 970. The molecular formula is C22H29NO6. The van der Waals surface area contributed by atoms with Gasteiger partial charge in [0.2, 0.25) is 0 Å². The number of amides is 1. The first-order valence-corrected chi connectivity index (χ1v) is 9.67. The molecule has 0 spiro atoms. The minimum atomic E-state index is -0.888. The van der Waals surface area contributed by atoms with Gasteiger partial charge >= 0.3 is 17.7 Å². The molecule has 0 bridgehead atoms. The van der Waals surface area contributed by atoms with E-state index in [9.17, 15) is 14.4 Å². The first kappa shape index (κ1) is 22.5. The summed E-state index contributed by atoms with van der Waals surface area (Å²) in [7, 11) is 0. The van der Waals surface area contributed by atoms with E-state index in [0.29, 0.717) is 23.0 Å². The molecule has 158 valence electrons. The Morgan fingerprint density at radius 2 is 1.83 bits per heavy atom. The van der Waals surface area contributed by atoms with Gasteiger partial charge in [-0.15, -0.1) is 0 Å². The summed E-state index contributed by atoms with van der Waals surface area (Å²) in [5, 5.41) is 3.17. The summed E-state index contributed by atoms with van der Waals surface area (Å²) in [4.78, 5) is 36.9. The Morgan fingerprint density at radius 3 is 2.41 bits per heavy atom. The van der Waals surface area contributed by atoms with Crippen molar-refractivity contribution in [2.75, 3.05) is 0 Å². The minimum Gasteiger partial charge on any atom is -0.444 e. The first-order chi connectivity index (χ1) is 13.4. The third-order valence-electron chi connectivity index (χ3n) is 4.50. The van der Waals surface area contributed by atoms with Crippen LogP contribution in [0.5, 0.6) is 5.75 Å². The van der Waals surface area contributed by atoms with E-state index in [2.05, 4.69) is 5.32 Å². The summed E-state index contributed by atoms with van der Waals surface area (Å²) in [5.74, 6) is -0.502. The van der Waals surface area contributed by atoms with Gasteiger partial charge in [-0.2, -0.15) is 0 Å². The van der Waals surface area contributed by atoms with Crippen LogP contribution in [0, 0.1) is 19.8 Å². The second kappa shape index (κ2) is 8.68. The topological polar surface area (TPSA) is 94.8 Å². The monoisotopic (exact) mass is 403 g/mol. The molecule has 0 saturated heterocycles. The third kappa shape index (κ3) is 5.82. The van der Waals surface area contributed by atoms with E-state index in [1.807, 2.05) is 20.8 Å². The molecular weight excluding hydrogens is 374 g/mol. The summed E-state index contributed by atoms with van der Waals surface area (Å²) >= 11 is 0. The third-order valence-corrected chi connectivity index (χ3v) is 4.50. The van der Waals surface area contributed by atoms with Gasteiger partial charge in [0.25, 0.3) is 0 Å². The van der Waals surface area contributed by atoms with Gasteiger partial charge in [0.05, 0.1) is 5.39 Å². The number of aryl methyl sites for hydroxylation is 2. The largest absolute Gasteiger partial charge is 0.444 e. The summed E-state index contributed by atoms with van der Waals surface area (Å²) in [6, 6.07) is 3.88. The highest BCUT2D eigenvalue weighted by Crippen LogP contribution is 2.30. The number of hydrogen-bond donors (Lipinski definition) is 1. The molecule has 0 aliphatic heterocycles. The highest BCUT2D eigenvalue weighted by Gasteiger charge is 2.30. The molecule has 0 aliphatic rings. The molecule has 0 unspecified atom stereocenters. The van der Waals surface area contributed by atoms with Crippen molar-refractivity contribution in [1.82, 2.24) is 5.32 Å². The molecule has 2 aromatic rings. The van der Waals surface area contributed by atoms with E-state index in [0.717, 1.165) is 5.56 Å². The number of hydrogen-bond acceptors (Lipinski definition) is 6. The number of alkyl carbamates (subject to hydrolysis) is 1. The second-order valence-electron chi connectivity index (χ2n) is 8.32. The van der Waals surface area contributed by atoms with Gasteiger partial charge in [-0.3, -0.25) is 0 Å². The fraction of sp³-hybridized carbons (Fsp3) is 0.500. The maximum atomic E-state index is 13.0. The standard InChI is InChI=1S/C22H29NO6/c1-8-13(3)19(23-21(26)29-22(5,6)7)20(25)28-16-10-12(2)9-15-18(16)14(4)11-17(24)27-15/h9-11,13,19H,8H2,1-7H3,(H,23,26)/t13-,19+/m0/s1. The molecule has 7 nitrogen and oxygen atoms in total. The number of carbonyl (C=O) groups excluding carboxylic acids is 2. The van der Waals surface area contributed by atoms with Crippen LogP contribution in [0.4, 0.5) is 4.79 Å². The average molecular weight is 403 g/mol. The highest BCUT2D eigenvalue weighted by atomic mass is 16.6. The van der Waals surface area contributed by atoms with E-state index < -0.39 is 29.3 Å². The molecule has 0 aliphatic carbocycles. The molecule has 1 heterocycles. The van der Waals surface area contributed by atoms with E-state index in [1.165, 1.54) is 6.07 Å². The Labute approximate surface area is 170 Å². The number of esters is 1. The molecule has 0 saturated carbocycles. The van der Waals surface area contributed by atoms with Crippen molar-refractivity contribution in [2.45, 2.75) is 66.5 Å². The molecule has 0 radical (unpaired) electrons.